The van der Waals surface area contributed by atoms with Gasteiger partial charge in [0, 0.05) is 16.7 Å². The zero-order chi connectivity index (χ0) is 19.8. The van der Waals surface area contributed by atoms with Crippen LogP contribution in [0.5, 0.6) is 0 Å². The monoisotopic (exact) mass is 374 g/mol. The van der Waals surface area contributed by atoms with E-state index in [0.29, 0.717) is 12.8 Å². The number of esters is 1. The summed E-state index contributed by atoms with van der Waals surface area (Å²) < 4.78 is 4.93. The lowest BCUT2D eigenvalue weighted by Gasteiger charge is -2.60. The first-order chi connectivity index (χ1) is 12.6. The molecule has 0 aromatic heterocycles. The molecular formula is C22H30O5. The van der Waals surface area contributed by atoms with E-state index in [9.17, 15) is 19.8 Å². The molecule has 148 valence electrons. The third-order valence-electron chi connectivity index (χ3n) is 8.49. The van der Waals surface area contributed by atoms with Gasteiger partial charge in [-0.25, -0.2) is 4.79 Å². The van der Waals surface area contributed by atoms with Crippen molar-refractivity contribution >= 4 is 11.8 Å². The second-order valence-corrected chi connectivity index (χ2v) is 9.63. The zero-order valence-electron chi connectivity index (χ0n) is 16.6. The van der Waals surface area contributed by atoms with E-state index < -0.39 is 23.1 Å². The van der Waals surface area contributed by atoms with Gasteiger partial charge < -0.3 is 14.9 Å². The van der Waals surface area contributed by atoms with Crippen LogP contribution in [-0.4, -0.2) is 40.8 Å². The minimum Gasteiger partial charge on any atom is -0.467 e. The van der Waals surface area contributed by atoms with Gasteiger partial charge in [0.15, 0.2) is 11.4 Å². The highest BCUT2D eigenvalue weighted by Crippen LogP contribution is 2.67. The molecule has 5 heteroatoms. The minimum atomic E-state index is -1.54. The molecule has 4 rings (SSSR count). The lowest BCUT2D eigenvalue weighted by atomic mass is 9.45. The predicted molar refractivity (Wildman–Crippen MR) is 99.5 cm³/mol. The quantitative estimate of drug-likeness (QED) is 0.689. The first-order valence-corrected chi connectivity index (χ1v) is 10.0. The molecule has 3 saturated carbocycles. The Morgan fingerprint density at radius 3 is 2.70 bits per heavy atom. The van der Waals surface area contributed by atoms with Crippen LogP contribution < -0.4 is 0 Å². The molecule has 0 aromatic rings. The second kappa shape index (κ2) is 5.77. The summed E-state index contributed by atoms with van der Waals surface area (Å²) in [7, 11) is 1.31. The van der Waals surface area contributed by atoms with E-state index in [1.165, 1.54) is 7.11 Å². The van der Waals surface area contributed by atoms with Crippen molar-refractivity contribution in [1.82, 2.24) is 0 Å². The number of hydrogen-bond donors (Lipinski definition) is 2. The number of allylic oxidation sites excluding steroid dienone is 4. The van der Waals surface area contributed by atoms with Crippen molar-refractivity contribution in [3.63, 3.8) is 0 Å². The average molecular weight is 374 g/mol. The fraction of sp³-hybridized carbons (Fsp3) is 0.727. The Kier molecular flexibility index (Phi) is 4.04. The van der Waals surface area contributed by atoms with Crippen LogP contribution in [-0.2, 0) is 14.3 Å². The number of ether oxygens (including phenoxy) is 1. The van der Waals surface area contributed by atoms with Crippen LogP contribution >= 0.6 is 0 Å². The summed E-state index contributed by atoms with van der Waals surface area (Å²) >= 11 is 0. The van der Waals surface area contributed by atoms with Crippen LogP contribution in [0, 0.1) is 34.5 Å². The Hall–Kier alpha value is -1.46. The van der Waals surface area contributed by atoms with Crippen molar-refractivity contribution in [2.45, 2.75) is 58.2 Å². The second-order valence-electron chi connectivity index (χ2n) is 9.63. The van der Waals surface area contributed by atoms with E-state index in [2.05, 4.69) is 13.8 Å². The fourth-order valence-corrected chi connectivity index (χ4v) is 7.26. The number of carbonyl (C=O) groups is 2. The molecule has 27 heavy (non-hydrogen) atoms. The Bertz CT molecular complexity index is 754. The van der Waals surface area contributed by atoms with E-state index >= 15 is 0 Å². The molecule has 8 atom stereocenters. The van der Waals surface area contributed by atoms with E-state index in [-0.39, 0.29) is 34.9 Å². The molecule has 0 aromatic carbocycles. The number of methoxy groups -OCH3 is 1. The zero-order valence-corrected chi connectivity index (χ0v) is 16.6. The highest BCUT2D eigenvalue weighted by Gasteiger charge is 2.69. The molecule has 4 aliphatic rings. The third kappa shape index (κ3) is 2.24. The van der Waals surface area contributed by atoms with Crippen molar-refractivity contribution in [2.75, 3.05) is 7.11 Å². The summed E-state index contributed by atoms with van der Waals surface area (Å²) in [5, 5.41) is 22.5. The lowest BCUT2D eigenvalue weighted by Crippen LogP contribution is -2.62. The van der Waals surface area contributed by atoms with Gasteiger partial charge in [0.25, 0.3) is 0 Å². The summed E-state index contributed by atoms with van der Waals surface area (Å²) in [6.07, 6.45) is 7.05. The Morgan fingerprint density at radius 1 is 1.33 bits per heavy atom. The third-order valence-corrected chi connectivity index (χ3v) is 8.49. The molecular weight excluding hydrogens is 344 g/mol. The van der Waals surface area contributed by atoms with Gasteiger partial charge in [-0.2, -0.15) is 0 Å². The maximum Gasteiger partial charge on any atom is 0.338 e. The van der Waals surface area contributed by atoms with Gasteiger partial charge in [-0.05, 0) is 55.6 Å². The number of ketones is 1. The highest BCUT2D eigenvalue weighted by molar-refractivity contribution is 6.01. The van der Waals surface area contributed by atoms with Crippen molar-refractivity contribution in [3.8, 4) is 0 Å². The van der Waals surface area contributed by atoms with Crippen LogP contribution in [0.3, 0.4) is 0 Å². The van der Waals surface area contributed by atoms with Crippen molar-refractivity contribution in [2.24, 2.45) is 34.5 Å². The molecule has 2 N–H and O–H groups in total. The topological polar surface area (TPSA) is 83.8 Å². The normalized spacial score (nSPS) is 51.1. The van der Waals surface area contributed by atoms with E-state index in [1.807, 2.05) is 13.0 Å². The summed E-state index contributed by atoms with van der Waals surface area (Å²) in [6.45, 7) is 6.22. The first kappa shape index (κ1) is 18.9. The number of fused-ring (bicyclic) bond motifs is 5. The standard InChI is InChI=1S/C22H30O5/c1-12-9-14-15-6-8-22(26,19(25)27-4)21(15,3)11-17(24)18(14)20(2)7-5-13(23)10-16(12)20/h5,7,10,12,14-15,17-18,24,26H,6,8-9,11H2,1-4H3/t12?,14-,15-,17?,18+,20-,21-,22?/m0/s1. The Labute approximate surface area is 160 Å². The van der Waals surface area contributed by atoms with Gasteiger partial charge in [-0.1, -0.05) is 32.4 Å². The van der Waals surface area contributed by atoms with Crippen LogP contribution in [0.15, 0.2) is 23.8 Å². The van der Waals surface area contributed by atoms with Gasteiger partial charge >= 0.3 is 5.97 Å². The van der Waals surface area contributed by atoms with Gasteiger partial charge in [0.05, 0.1) is 13.2 Å². The number of rotatable bonds is 1. The summed E-state index contributed by atoms with van der Waals surface area (Å²) in [5.74, 6) is -0.0241. The summed E-state index contributed by atoms with van der Waals surface area (Å²) in [4.78, 5) is 24.4. The molecule has 0 amide bonds. The number of carbonyl (C=O) groups excluding carboxylic acids is 2. The molecule has 0 bridgehead atoms. The number of hydrogen-bond acceptors (Lipinski definition) is 5. The van der Waals surface area contributed by atoms with E-state index in [4.69, 9.17) is 4.74 Å². The Balaban J connectivity index is 1.78. The summed E-state index contributed by atoms with van der Waals surface area (Å²) in [6, 6.07) is 0. The average Bonchev–Trinajstić information content (AvgIpc) is 2.87. The highest BCUT2D eigenvalue weighted by atomic mass is 16.5. The molecule has 4 aliphatic carbocycles. The molecule has 0 saturated heterocycles. The van der Waals surface area contributed by atoms with Crippen molar-refractivity contribution in [1.29, 1.82) is 0 Å². The molecule has 3 unspecified atom stereocenters. The summed E-state index contributed by atoms with van der Waals surface area (Å²) in [5.41, 5.74) is -1.49. The van der Waals surface area contributed by atoms with Gasteiger partial charge in [-0.3, -0.25) is 4.79 Å². The van der Waals surface area contributed by atoms with Gasteiger partial charge in [0.1, 0.15) is 0 Å². The van der Waals surface area contributed by atoms with Crippen LogP contribution in [0.4, 0.5) is 0 Å². The molecule has 0 radical (unpaired) electrons. The molecule has 0 heterocycles. The number of aliphatic hydroxyl groups is 2. The smallest absolute Gasteiger partial charge is 0.338 e. The van der Waals surface area contributed by atoms with E-state index in [1.54, 1.807) is 12.2 Å². The largest absolute Gasteiger partial charge is 0.467 e. The Morgan fingerprint density at radius 2 is 2.04 bits per heavy atom. The number of aliphatic hydroxyl groups excluding tert-OH is 1. The van der Waals surface area contributed by atoms with Crippen molar-refractivity contribution < 1.29 is 24.5 Å². The maximum atomic E-state index is 12.4. The molecule has 3 fully saturated rings. The van der Waals surface area contributed by atoms with Gasteiger partial charge in [0.2, 0.25) is 0 Å². The minimum absolute atomic E-state index is 0.0117. The molecule has 0 spiro atoms. The lowest BCUT2D eigenvalue weighted by molar-refractivity contribution is -0.195. The predicted octanol–water partition coefficient (Wildman–Crippen LogP) is 2.42. The van der Waals surface area contributed by atoms with Crippen LogP contribution in [0.2, 0.25) is 0 Å². The first-order valence-electron chi connectivity index (χ1n) is 10.0. The van der Waals surface area contributed by atoms with Crippen LogP contribution in [0.25, 0.3) is 0 Å². The SMILES string of the molecule is COC(=O)C1(O)CC[C@H]2[C@@H]3CC(C)C4=CC(=O)C=C[C@]4(C)[C@H]3C(O)C[C@@]21C. The van der Waals surface area contributed by atoms with Gasteiger partial charge in [-0.15, -0.1) is 0 Å². The molecule has 0 aliphatic heterocycles. The molecule has 5 nitrogen and oxygen atoms in total. The fourth-order valence-electron chi connectivity index (χ4n) is 7.26. The van der Waals surface area contributed by atoms with Crippen molar-refractivity contribution in [3.05, 3.63) is 23.8 Å². The van der Waals surface area contributed by atoms with Crippen LogP contribution in [0.1, 0.15) is 46.5 Å². The van der Waals surface area contributed by atoms with E-state index in [0.717, 1.165) is 18.4 Å². The maximum absolute atomic E-state index is 12.4.